The summed E-state index contributed by atoms with van der Waals surface area (Å²) in [5, 5.41) is 3.76. The number of halogens is 2. The largest absolute Gasteiger partial charge is 0.369 e. The first-order valence-electron chi connectivity index (χ1n) is 9.25. The number of thioether (sulfide) groups is 1. The molecule has 0 saturated carbocycles. The van der Waals surface area contributed by atoms with Gasteiger partial charge in [0.15, 0.2) is 0 Å². The monoisotopic (exact) mass is 426 g/mol. The van der Waals surface area contributed by atoms with E-state index in [1.54, 1.807) is 0 Å². The van der Waals surface area contributed by atoms with Crippen molar-refractivity contribution < 1.29 is 0 Å². The Labute approximate surface area is 181 Å². The lowest BCUT2D eigenvalue weighted by atomic mass is 9.91. The third-order valence-corrected chi connectivity index (χ3v) is 5.92. The van der Waals surface area contributed by atoms with Gasteiger partial charge < -0.3 is 10.2 Å². The van der Waals surface area contributed by atoms with E-state index >= 15 is 0 Å². The van der Waals surface area contributed by atoms with Gasteiger partial charge in [-0.25, -0.2) is 0 Å². The molecule has 1 aliphatic rings. The zero-order chi connectivity index (χ0) is 17.9. The van der Waals surface area contributed by atoms with Crippen LogP contribution in [0.1, 0.15) is 45.2 Å². The Morgan fingerprint density at radius 2 is 1.59 bits per heavy atom. The highest BCUT2D eigenvalue weighted by molar-refractivity contribution is 8.00. The fraction of sp³-hybridized carbons (Fsp3) is 0.455. The smallest absolute Gasteiger partial charge is 0.0527 e. The summed E-state index contributed by atoms with van der Waals surface area (Å²) in [7, 11) is 2.26. The highest BCUT2D eigenvalue weighted by Crippen LogP contribution is 2.40. The van der Waals surface area contributed by atoms with E-state index in [-0.39, 0.29) is 29.6 Å². The molecule has 1 N–H and O–H groups in total. The molecule has 0 radical (unpaired) electrons. The molecule has 2 aromatic rings. The van der Waals surface area contributed by atoms with E-state index < -0.39 is 0 Å². The van der Waals surface area contributed by atoms with E-state index in [0.29, 0.717) is 12.1 Å². The third-order valence-electron chi connectivity index (χ3n) is 4.74. The summed E-state index contributed by atoms with van der Waals surface area (Å²) >= 11 is 1.95. The van der Waals surface area contributed by atoms with E-state index in [2.05, 4.69) is 92.6 Å². The summed E-state index contributed by atoms with van der Waals surface area (Å²) in [5.74, 6) is 0. The van der Waals surface area contributed by atoms with Crippen LogP contribution in [0.4, 0.5) is 5.69 Å². The maximum Gasteiger partial charge on any atom is 0.0527 e. The van der Waals surface area contributed by atoms with E-state index in [1.807, 2.05) is 11.8 Å². The molecule has 2 nitrogen and oxygen atoms in total. The van der Waals surface area contributed by atoms with Crippen molar-refractivity contribution >= 4 is 42.3 Å². The minimum atomic E-state index is 0. The zero-order valence-electron chi connectivity index (χ0n) is 16.6. The Hall–Kier alpha value is -0.870. The molecule has 0 bridgehead atoms. The van der Waals surface area contributed by atoms with Crippen LogP contribution in [-0.2, 0) is 0 Å². The van der Waals surface area contributed by atoms with E-state index in [0.717, 1.165) is 6.54 Å². The predicted octanol–water partition coefficient (Wildman–Crippen LogP) is 6.35. The maximum absolute atomic E-state index is 3.76. The van der Waals surface area contributed by atoms with Crippen molar-refractivity contribution in [2.45, 2.75) is 55.3 Å². The quantitative estimate of drug-likeness (QED) is 0.573. The molecule has 150 valence electrons. The molecular formula is C22H32Cl2N2S. The van der Waals surface area contributed by atoms with Crippen LogP contribution in [0.15, 0.2) is 59.5 Å². The van der Waals surface area contributed by atoms with Crippen LogP contribution in [0.5, 0.6) is 0 Å². The van der Waals surface area contributed by atoms with Crippen molar-refractivity contribution in [2.75, 3.05) is 18.5 Å². The van der Waals surface area contributed by atoms with Gasteiger partial charge in [0.1, 0.15) is 0 Å². The van der Waals surface area contributed by atoms with Crippen LogP contribution in [-0.4, -0.2) is 24.4 Å². The van der Waals surface area contributed by atoms with Gasteiger partial charge in [-0.1, -0.05) is 63.2 Å². The molecule has 1 heterocycles. The maximum atomic E-state index is 3.76. The second-order valence-corrected chi connectivity index (χ2v) is 9.71. The first-order valence-corrected chi connectivity index (χ1v) is 10.1. The number of rotatable bonds is 4. The number of anilines is 1. The highest BCUT2D eigenvalue weighted by atomic mass is 35.5. The molecule has 27 heavy (non-hydrogen) atoms. The minimum absolute atomic E-state index is 0. The molecular weight excluding hydrogens is 395 g/mol. The minimum Gasteiger partial charge on any atom is -0.369 e. The van der Waals surface area contributed by atoms with Gasteiger partial charge in [-0.05, 0) is 37.1 Å². The Morgan fingerprint density at radius 1 is 0.963 bits per heavy atom. The van der Waals surface area contributed by atoms with E-state index in [1.165, 1.54) is 29.0 Å². The lowest BCUT2D eigenvalue weighted by Crippen LogP contribution is -2.47. The fourth-order valence-corrected chi connectivity index (χ4v) is 4.76. The van der Waals surface area contributed by atoms with Crippen LogP contribution in [0.3, 0.4) is 0 Å². The Balaban J connectivity index is 0.00000182. The standard InChI is InChI=1S/C22H30N2S.2ClH/c1-22(2,3)25-20-15-9-8-13-18(20)24(4)19-14-10-16-23-21(19)17-11-6-5-7-12-17;;/h5-9,11-13,15,19,21,23H,10,14,16H2,1-4H3;2*1H/t19-,21-;;/m1../s1. The molecule has 0 amide bonds. The van der Waals surface area contributed by atoms with Gasteiger partial charge in [-0.3, -0.25) is 0 Å². The molecule has 5 heteroatoms. The fourth-order valence-electron chi connectivity index (χ4n) is 3.63. The van der Waals surface area contributed by atoms with Crippen molar-refractivity contribution in [3.05, 3.63) is 60.2 Å². The van der Waals surface area contributed by atoms with Gasteiger partial charge in [0.2, 0.25) is 0 Å². The summed E-state index contributed by atoms with van der Waals surface area (Å²) in [6.07, 6.45) is 2.45. The SMILES string of the molecule is CN(c1ccccc1SC(C)(C)C)[C@@H]1CCCN[C@@H]1c1ccccc1.Cl.Cl. The summed E-state index contributed by atoms with van der Waals surface area (Å²) in [6.45, 7) is 7.94. The van der Waals surface area contributed by atoms with Gasteiger partial charge in [0.05, 0.1) is 11.7 Å². The molecule has 0 aliphatic carbocycles. The number of benzene rings is 2. The van der Waals surface area contributed by atoms with Crippen molar-refractivity contribution in [3.8, 4) is 0 Å². The number of hydrogen-bond donors (Lipinski definition) is 1. The van der Waals surface area contributed by atoms with Gasteiger partial charge in [0.25, 0.3) is 0 Å². The van der Waals surface area contributed by atoms with Crippen LogP contribution < -0.4 is 10.2 Å². The summed E-state index contributed by atoms with van der Waals surface area (Å²) in [5.41, 5.74) is 2.73. The van der Waals surface area contributed by atoms with Gasteiger partial charge in [-0.15, -0.1) is 36.6 Å². The van der Waals surface area contributed by atoms with Crippen molar-refractivity contribution in [2.24, 2.45) is 0 Å². The summed E-state index contributed by atoms with van der Waals surface area (Å²) in [4.78, 5) is 3.87. The first-order chi connectivity index (χ1) is 12.0. The number of hydrogen-bond acceptors (Lipinski definition) is 3. The Bertz CT molecular complexity index is 688. The zero-order valence-corrected chi connectivity index (χ0v) is 19.1. The number of likely N-dealkylation sites (N-methyl/N-ethyl adjacent to an activating group) is 1. The molecule has 0 unspecified atom stereocenters. The normalized spacial score (nSPS) is 19.6. The van der Waals surface area contributed by atoms with Crippen LogP contribution >= 0.6 is 36.6 Å². The molecule has 2 aromatic carbocycles. The van der Waals surface area contributed by atoms with Gasteiger partial charge >= 0.3 is 0 Å². The van der Waals surface area contributed by atoms with Crippen molar-refractivity contribution in [1.29, 1.82) is 0 Å². The average Bonchev–Trinajstić information content (AvgIpc) is 2.61. The first kappa shape index (κ1) is 24.2. The number of piperidine rings is 1. The van der Waals surface area contributed by atoms with Crippen LogP contribution in [0, 0.1) is 0 Å². The van der Waals surface area contributed by atoms with Crippen molar-refractivity contribution in [3.63, 3.8) is 0 Å². The Morgan fingerprint density at radius 3 is 2.26 bits per heavy atom. The van der Waals surface area contributed by atoms with Gasteiger partial charge in [-0.2, -0.15) is 0 Å². The molecule has 1 fully saturated rings. The number of nitrogens with zero attached hydrogens (tertiary/aromatic N) is 1. The molecule has 1 saturated heterocycles. The van der Waals surface area contributed by atoms with Crippen LogP contribution in [0.25, 0.3) is 0 Å². The number of nitrogens with one attached hydrogen (secondary N) is 1. The lowest BCUT2D eigenvalue weighted by molar-refractivity contribution is 0.348. The molecule has 2 atom stereocenters. The molecule has 0 aromatic heterocycles. The van der Waals surface area contributed by atoms with Crippen molar-refractivity contribution in [1.82, 2.24) is 5.32 Å². The topological polar surface area (TPSA) is 15.3 Å². The van der Waals surface area contributed by atoms with E-state index in [4.69, 9.17) is 0 Å². The highest BCUT2D eigenvalue weighted by Gasteiger charge is 2.30. The third kappa shape index (κ3) is 6.32. The molecule has 0 spiro atoms. The second kappa shape index (κ2) is 10.6. The molecule has 1 aliphatic heterocycles. The van der Waals surface area contributed by atoms with Crippen LogP contribution in [0.2, 0.25) is 0 Å². The summed E-state index contributed by atoms with van der Waals surface area (Å²) < 4.78 is 0.209. The molecule has 3 rings (SSSR count). The summed E-state index contributed by atoms with van der Waals surface area (Å²) in [6, 6.07) is 20.6. The van der Waals surface area contributed by atoms with Gasteiger partial charge in [0, 0.05) is 22.7 Å². The van der Waals surface area contributed by atoms with E-state index in [9.17, 15) is 0 Å². The predicted molar refractivity (Wildman–Crippen MR) is 125 cm³/mol. The average molecular weight is 427 g/mol. The number of para-hydroxylation sites is 1. The Kier molecular flexibility index (Phi) is 9.50. The lowest BCUT2D eigenvalue weighted by Gasteiger charge is -2.41. The second-order valence-electron chi connectivity index (χ2n) is 7.85.